The van der Waals surface area contributed by atoms with Crippen LogP contribution in [0.2, 0.25) is 0 Å². The van der Waals surface area contributed by atoms with Crippen molar-refractivity contribution in [3.05, 3.63) is 67.3 Å². The molecule has 0 unspecified atom stereocenters. The zero-order valence-electron chi connectivity index (χ0n) is 13.7. The molecule has 0 aliphatic carbocycles. The summed E-state index contributed by atoms with van der Waals surface area (Å²) in [5.41, 5.74) is 2.31. The summed E-state index contributed by atoms with van der Waals surface area (Å²) >= 11 is 0. The maximum atomic E-state index is 9.10. The van der Waals surface area contributed by atoms with Crippen molar-refractivity contribution in [3.63, 3.8) is 0 Å². The number of benzene rings is 2. The van der Waals surface area contributed by atoms with Gasteiger partial charge in [0.1, 0.15) is 12.4 Å². The second kappa shape index (κ2) is 11.4. The molecule has 2 aromatic rings. The molecule has 0 aromatic heterocycles. The first-order valence-electron chi connectivity index (χ1n) is 7.61. The standard InChI is InChI=1S/C17H19NO.C2H2O4/c1-2-12-18-13-14-19-17-11-7-6-10-16(17)15-8-4-3-5-9-15;3-1(4)2(5)6/h2-11,18H,1,12-14H2;(H,3,4)(H,5,6). The fraction of sp³-hybridized carbons (Fsp3) is 0.158. The molecule has 6 nitrogen and oxygen atoms in total. The minimum absolute atomic E-state index is 0.650. The van der Waals surface area contributed by atoms with Crippen LogP contribution in [0.1, 0.15) is 0 Å². The number of carboxylic acid groups (broad SMARTS) is 2. The minimum atomic E-state index is -1.82. The van der Waals surface area contributed by atoms with Crippen LogP contribution in [0.5, 0.6) is 5.75 Å². The average Bonchev–Trinajstić information content (AvgIpc) is 2.63. The molecule has 0 spiro atoms. The van der Waals surface area contributed by atoms with E-state index >= 15 is 0 Å². The van der Waals surface area contributed by atoms with Gasteiger partial charge < -0.3 is 20.3 Å². The van der Waals surface area contributed by atoms with Crippen molar-refractivity contribution in [2.75, 3.05) is 19.7 Å². The van der Waals surface area contributed by atoms with Gasteiger partial charge in [0, 0.05) is 18.7 Å². The Morgan fingerprint density at radius 3 is 2.20 bits per heavy atom. The predicted octanol–water partition coefficient (Wildman–Crippen LogP) is 2.66. The lowest BCUT2D eigenvalue weighted by atomic mass is 10.1. The van der Waals surface area contributed by atoms with E-state index in [2.05, 4.69) is 30.1 Å². The maximum Gasteiger partial charge on any atom is 0.414 e. The van der Waals surface area contributed by atoms with E-state index in [9.17, 15) is 0 Å². The first-order chi connectivity index (χ1) is 12.1. The predicted molar refractivity (Wildman–Crippen MR) is 95.7 cm³/mol. The maximum absolute atomic E-state index is 9.10. The van der Waals surface area contributed by atoms with Crippen LogP contribution < -0.4 is 10.1 Å². The Balaban J connectivity index is 0.000000450. The fourth-order valence-corrected chi connectivity index (χ4v) is 1.89. The molecule has 0 bridgehead atoms. The molecular weight excluding hydrogens is 322 g/mol. The second-order valence-electron chi connectivity index (χ2n) is 4.81. The lowest BCUT2D eigenvalue weighted by Crippen LogP contribution is -2.20. The summed E-state index contributed by atoms with van der Waals surface area (Å²) < 4.78 is 5.84. The van der Waals surface area contributed by atoms with Crippen molar-refractivity contribution >= 4 is 11.9 Å². The Hall–Kier alpha value is -3.12. The highest BCUT2D eigenvalue weighted by atomic mass is 16.5. The Kier molecular flexibility index (Phi) is 9.10. The zero-order valence-corrected chi connectivity index (χ0v) is 13.7. The summed E-state index contributed by atoms with van der Waals surface area (Å²) in [6, 6.07) is 18.4. The highest BCUT2D eigenvalue weighted by molar-refractivity contribution is 6.27. The van der Waals surface area contributed by atoms with Gasteiger partial charge in [0.2, 0.25) is 0 Å². The Labute approximate surface area is 146 Å². The Bertz CT molecular complexity index is 673. The molecule has 0 atom stereocenters. The van der Waals surface area contributed by atoms with Crippen molar-refractivity contribution in [1.29, 1.82) is 0 Å². The van der Waals surface area contributed by atoms with Gasteiger partial charge in [0.25, 0.3) is 0 Å². The van der Waals surface area contributed by atoms with Crippen LogP contribution in [-0.2, 0) is 9.59 Å². The van der Waals surface area contributed by atoms with E-state index in [1.807, 2.05) is 42.5 Å². The van der Waals surface area contributed by atoms with Crippen LogP contribution in [0.4, 0.5) is 0 Å². The number of hydrogen-bond acceptors (Lipinski definition) is 4. The van der Waals surface area contributed by atoms with Crippen LogP contribution in [0.15, 0.2) is 67.3 Å². The van der Waals surface area contributed by atoms with E-state index in [4.69, 9.17) is 24.5 Å². The van der Waals surface area contributed by atoms with Gasteiger partial charge in [-0.15, -0.1) is 6.58 Å². The first-order valence-corrected chi connectivity index (χ1v) is 7.61. The third kappa shape index (κ3) is 7.81. The minimum Gasteiger partial charge on any atom is -0.492 e. The summed E-state index contributed by atoms with van der Waals surface area (Å²) in [6.45, 7) is 5.94. The van der Waals surface area contributed by atoms with E-state index < -0.39 is 11.9 Å². The van der Waals surface area contributed by atoms with Gasteiger partial charge in [0.15, 0.2) is 0 Å². The quantitative estimate of drug-likeness (QED) is 0.406. The number of aliphatic carboxylic acids is 2. The number of carboxylic acids is 2. The largest absolute Gasteiger partial charge is 0.492 e. The summed E-state index contributed by atoms with van der Waals surface area (Å²) in [5.74, 6) is -2.72. The Morgan fingerprint density at radius 1 is 1.00 bits per heavy atom. The number of rotatable bonds is 7. The number of carbonyl (C=O) groups is 2. The molecule has 0 aliphatic rings. The first kappa shape index (κ1) is 19.9. The molecular formula is C19H21NO5. The van der Waals surface area contributed by atoms with Gasteiger partial charge in [-0.05, 0) is 11.6 Å². The molecule has 0 aliphatic heterocycles. The molecule has 132 valence electrons. The average molecular weight is 343 g/mol. The molecule has 0 fully saturated rings. The van der Waals surface area contributed by atoms with Gasteiger partial charge in [-0.25, -0.2) is 9.59 Å². The lowest BCUT2D eigenvalue weighted by molar-refractivity contribution is -0.159. The van der Waals surface area contributed by atoms with E-state index in [0.717, 1.165) is 24.4 Å². The van der Waals surface area contributed by atoms with Crippen molar-refractivity contribution in [1.82, 2.24) is 5.32 Å². The van der Waals surface area contributed by atoms with Gasteiger partial charge in [-0.2, -0.15) is 0 Å². The van der Waals surface area contributed by atoms with Crippen LogP contribution >= 0.6 is 0 Å². The normalized spacial score (nSPS) is 9.44. The van der Waals surface area contributed by atoms with Crippen molar-refractivity contribution < 1.29 is 24.5 Å². The molecule has 3 N–H and O–H groups in total. The molecule has 6 heteroatoms. The van der Waals surface area contributed by atoms with E-state index in [-0.39, 0.29) is 0 Å². The third-order valence-corrected chi connectivity index (χ3v) is 2.98. The van der Waals surface area contributed by atoms with E-state index in [0.29, 0.717) is 6.61 Å². The number of nitrogens with one attached hydrogen (secondary N) is 1. The lowest BCUT2D eigenvalue weighted by Gasteiger charge is -2.11. The smallest absolute Gasteiger partial charge is 0.414 e. The molecule has 0 amide bonds. The summed E-state index contributed by atoms with van der Waals surface area (Å²) in [6.07, 6.45) is 1.85. The molecule has 2 rings (SSSR count). The molecule has 0 heterocycles. The zero-order chi connectivity index (χ0) is 18.5. The van der Waals surface area contributed by atoms with E-state index in [1.165, 1.54) is 5.56 Å². The molecule has 2 aromatic carbocycles. The van der Waals surface area contributed by atoms with Crippen LogP contribution in [-0.4, -0.2) is 41.8 Å². The van der Waals surface area contributed by atoms with Crippen molar-refractivity contribution in [2.24, 2.45) is 0 Å². The monoisotopic (exact) mass is 343 g/mol. The van der Waals surface area contributed by atoms with E-state index in [1.54, 1.807) is 0 Å². The van der Waals surface area contributed by atoms with Crippen LogP contribution in [0.3, 0.4) is 0 Å². The SMILES string of the molecule is C=CCNCCOc1ccccc1-c1ccccc1.O=C(O)C(=O)O. The van der Waals surface area contributed by atoms with Crippen LogP contribution in [0, 0.1) is 0 Å². The Morgan fingerprint density at radius 2 is 1.60 bits per heavy atom. The summed E-state index contributed by atoms with van der Waals surface area (Å²) in [5, 5.41) is 18.0. The van der Waals surface area contributed by atoms with Gasteiger partial charge in [0.05, 0.1) is 0 Å². The number of para-hydroxylation sites is 1. The summed E-state index contributed by atoms with van der Waals surface area (Å²) in [4.78, 5) is 18.2. The number of ether oxygens (including phenoxy) is 1. The van der Waals surface area contributed by atoms with Gasteiger partial charge >= 0.3 is 11.9 Å². The third-order valence-electron chi connectivity index (χ3n) is 2.98. The van der Waals surface area contributed by atoms with Crippen molar-refractivity contribution in [2.45, 2.75) is 0 Å². The summed E-state index contributed by atoms with van der Waals surface area (Å²) in [7, 11) is 0. The second-order valence-corrected chi connectivity index (χ2v) is 4.81. The topological polar surface area (TPSA) is 95.9 Å². The van der Waals surface area contributed by atoms with Gasteiger partial charge in [-0.1, -0.05) is 54.6 Å². The molecule has 0 radical (unpaired) electrons. The highest BCUT2D eigenvalue weighted by Gasteiger charge is 2.05. The molecule has 0 saturated carbocycles. The molecule has 25 heavy (non-hydrogen) atoms. The van der Waals surface area contributed by atoms with Crippen LogP contribution in [0.25, 0.3) is 11.1 Å². The fourth-order valence-electron chi connectivity index (χ4n) is 1.89. The molecule has 0 saturated heterocycles. The number of hydrogen-bond donors (Lipinski definition) is 3. The highest BCUT2D eigenvalue weighted by Crippen LogP contribution is 2.29. The van der Waals surface area contributed by atoms with Crippen molar-refractivity contribution in [3.8, 4) is 16.9 Å². The van der Waals surface area contributed by atoms with Gasteiger partial charge in [-0.3, -0.25) is 0 Å².